The molecule has 1 atom stereocenters. The zero-order chi connectivity index (χ0) is 15.1. The molecule has 0 amide bonds. The molecule has 2 nitrogen and oxygen atoms in total. The van der Waals surface area contributed by atoms with Gasteiger partial charge in [-0.2, -0.15) is 0 Å². The number of ketones is 1. The highest BCUT2D eigenvalue weighted by Gasteiger charge is 2.17. The topological polar surface area (TPSA) is 29.4 Å². The Labute approximate surface area is 124 Å². The zero-order valence-corrected chi connectivity index (χ0v) is 12.0. The first-order valence-corrected chi connectivity index (χ1v) is 7.06. The highest BCUT2D eigenvalue weighted by molar-refractivity contribution is 5.98. The van der Waals surface area contributed by atoms with Gasteiger partial charge in [-0.25, -0.2) is 4.39 Å². The largest absolute Gasteiger partial charge is 0.294 e. The van der Waals surface area contributed by atoms with Crippen molar-refractivity contribution in [1.82, 2.24) is 0 Å². The molecule has 3 heteroatoms. The molecule has 108 valence electrons. The van der Waals surface area contributed by atoms with Gasteiger partial charge in [0.2, 0.25) is 0 Å². The van der Waals surface area contributed by atoms with Gasteiger partial charge in [0.05, 0.1) is 0 Å². The Morgan fingerprint density at radius 1 is 1.14 bits per heavy atom. The molecule has 0 heterocycles. The summed E-state index contributed by atoms with van der Waals surface area (Å²) in [5.41, 5.74) is 1.14. The van der Waals surface area contributed by atoms with Crippen LogP contribution in [0.1, 0.15) is 29.3 Å². The van der Waals surface area contributed by atoms with Crippen molar-refractivity contribution in [3.05, 3.63) is 71.5 Å². The number of hydrogen-bond donors (Lipinski definition) is 0. The molecule has 0 aliphatic heterocycles. The SMILES string of the molecule is CCC(CN=Cc1ccccc1F)C(=O)c1ccccc1. The van der Waals surface area contributed by atoms with Crippen molar-refractivity contribution in [2.45, 2.75) is 13.3 Å². The minimum Gasteiger partial charge on any atom is -0.294 e. The summed E-state index contributed by atoms with van der Waals surface area (Å²) in [6.45, 7) is 2.34. The van der Waals surface area contributed by atoms with Crippen molar-refractivity contribution in [3.63, 3.8) is 0 Å². The lowest BCUT2D eigenvalue weighted by atomic mass is 9.95. The molecule has 2 rings (SSSR count). The molecule has 21 heavy (non-hydrogen) atoms. The number of carbonyl (C=O) groups is 1. The van der Waals surface area contributed by atoms with E-state index in [4.69, 9.17) is 0 Å². The van der Waals surface area contributed by atoms with E-state index < -0.39 is 0 Å². The third-order valence-electron chi connectivity index (χ3n) is 3.38. The van der Waals surface area contributed by atoms with Crippen LogP contribution in [0.25, 0.3) is 0 Å². The van der Waals surface area contributed by atoms with E-state index in [1.54, 1.807) is 18.2 Å². The fraction of sp³-hybridized carbons (Fsp3) is 0.222. The minimum absolute atomic E-state index is 0.0868. The van der Waals surface area contributed by atoms with Gasteiger partial charge < -0.3 is 0 Å². The molecule has 0 aliphatic rings. The molecular weight excluding hydrogens is 265 g/mol. The number of carbonyl (C=O) groups excluding carboxylic acids is 1. The Bertz CT molecular complexity index is 622. The number of rotatable bonds is 6. The van der Waals surface area contributed by atoms with Crippen LogP contribution in [0.15, 0.2) is 59.6 Å². The van der Waals surface area contributed by atoms with Crippen LogP contribution in [-0.2, 0) is 0 Å². The molecule has 0 spiro atoms. The molecule has 1 unspecified atom stereocenters. The van der Waals surface area contributed by atoms with Gasteiger partial charge in [-0.05, 0) is 12.5 Å². The molecule has 0 aliphatic carbocycles. The lowest BCUT2D eigenvalue weighted by Crippen LogP contribution is -2.17. The highest BCUT2D eigenvalue weighted by Crippen LogP contribution is 2.13. The summed E-state index contributed by atoms with van der Waals surface area (Å²) < 4.78 is 13.5. The van der Waals surface area contributed by atoms with Gasteiger partial charge in [-0.15, -0.1) is 0 Å². The Morgan fingerprint density at radius 3 is 2.48 bits per heavy atom. The molecular formula is C18H18FNO. The van der Waals surface area contributed by atoms with Crippen LogP contribution in [0.4, 0.5) is 4.39 Å². The van der Waals surface area contributed by atoms with E-state index in [9.17, 15) is 9.18 Å². The standard InChI is InChI=1S/C18H18FNO/c1-2-14(18(21)15-8-4-3-5-9-15)12-20-13-16-10-6-7-11-17(16)19/h3-11,13-14H,2,12H2,1H3. The maximum Gasteiger partial charge on any atom is 0.167 e. The number of hydrogen-bond acceptors (Lipinski definition) is 2. The van der Waals surface area contributed by atoms with Crippen molar-refractivity contribution in [3.8, 4) is 0 Å². The van der Waals surface area contributed by atoms with Crippen molar-refractivity contribution in [2.24, 2.45) is 10.9 Å². The highest BCUT2D eigenvalue weighted by atomic mass is 19.1. The van der Waals surface area contributed by atoms with Gasteiger partial charge in [0, 0.05) is 29.8 Å². The first-order chi connectivity index (χ1) is 10.2. The summed E-state index contributed by atoms with van der Waals surface area (Å²) in [4.78, 5) is 16.6. The Kier molecular flexibility index (Phi) is 5.38. The van der Waals surface area contributed by atoms with Crippen LogP contribution in [0.2, 0.25) is 0 Å². The number of Topliss-reactive ketones (excluding diaryl/α,β-unsaturated/α-hetero) is 1. The maximum atomic E-state index is 13.5. The third-order valence-corrected chi connectivity index (χ3v) is 3.38. The van der Waals surface area contributed by atoms with E-state index in [0.29, 0.717) is 24.1 Å². The van der Waals surface area contributed by atoms with E-state index in [0.717, 1.165) is 0 Å². The third kappa shape index (κ3) is 4.09. The second kappa shape index (κ2) is 7.48. The first kappa shape index (κ1) is 15.1. The summed E-state index contributed by atoms with van der Waals surface area (Å²) in [5, 5.41) is 0. The molecule has 0 saturated carbocycles. The molecule has 0 bridgehead atoms. The van der Waals surface area contributed by atoms with Crippen LogP contribution in [0, 0.1) is 11.7 Å². The molecule has 0 aromatic heterocycles. The van der Waals surface area contributed by atoms with Gasteiger partial charge in [0.25, 0.3) is 0 Å². The number of benzene rings is 2. The first-order valence-electron chi connectivity index (χ1n) is 7.06. The maximum absolute atomic E-state index is 13.5. The molecule has 2 aromatic rings. The molecule has 0 saturated heterocycles. The normalized spacial score (nSPS) is 12.5. The Hall–Kier alpha value is -2.29. The van der Waals surface area contributed by atoms with E-state index in [-0.39, 0.29) is 17.5 Å². The summed E-state index contributed by atoms with van der Waals surface area (Å²) >= 11 is 0. The van der Waals surface area contributed by atoms with Crippen molar-refractivity contribution in [2.75, 3.05) is 6.54 Å². The lowest BCUT2D eigenvalue weighted by Gasteiger charge is -2.10. The number of aliphatic imine (C=N–C) groups is 1. The fourth-order valence-corrected chi connectivity index (χ4v) is 2.09. The average molecular weight is 283 g/mol. The van der Waals surface area contributed by atoms with E-state index in [1.807, 2.05) is 37.3 Å². The summed E-state index contributed by atoms with van der Waals surface area (Å²) in [6, 6.07) is 15.7. The van der Waals surface area contributed by atoms with Gasteiger partial charge in [-0.1, -0.05) is 55.5 Å². The van der Waals surface area contributed by atoms with E-state index in [1.165, 1.54) is 12.3 Å². The quantitative estimate of drug-likeness (QED) is 0.578. The molecule has 2 aromatic carbocycles. The number of halogens is 1. The van der Waals surface area contributed by atoms with Gasteiger partial charge in [0.1, 0.15) is 5.82 Å². The van der Waals surface area contributed by atoms with Crippen LogP contribution in [0.3, 0.4) is 0 Å². The fourth-order valence-electron chi connectivity index (χ4n) is 2.09. The summed E-state index contributed by atoms with van der Waals surface area (Å²) in [6.07, 6.45) is 2.21. The van der Waals surface area contributed by atoms with Crippen LogP contribution >= 0.6 is 0 Å². The van der Waals surface area contributed by atoms with Crippen LogP contribution < -0.4 is 0 Å². The monoisotopic (exact) mass is 283 g/mol. The summed E-state index contributed by atoms with van der Waals surface area (Å²) in [7, 11) is 0. The van der Waals surface area contributed by atoms with Crippen LogP contribution in [-0.4, -0.2) is 18.5 Å². The minimum atomic E-state index is -0.302. The Balaban J connectivity index is 2.03. The molecule has 0 fully saturated rings. The lowest BCUT2D eigenvalue weighted by molar-refractivity contribution is 0.0921. The van der Waals surface area contributed by atoms with Gasteiger partial charge in [0.15, 0.2) is 5.78 Å². The smallest absolute Gasteiger partial charge is 0.167 e. The second-order valence-electron chi connectivity index (χ2n) is 4.85. The predicted octanol–water partition coefficient (Wildman–Crippen LogP) is 4.15. The zero-order valence-electron chi connectivity index (χ0n) is 12.0. The Morgan fingerprint density at radius 2 is 1.81 bits per heavy atom. The number of nitrogens with zero attached hydrogens (tertiary/aromatic N) is 1. The summed E-state index contributed by atoms with van der Waals surface area (Å²) in [5.74, 6) is -0.386. The van der Waals surface area contributed by atoms with E-state index >= 15 is 0 Å². The molecule has 0 N–H and O–H groups in total. The second-order valence-corrected chi connectivity index (χ2v) is 4.85. The van der Waals surface area contributed by atoms with Crippen molar-refractivity contribution in [1.29, 1.82) is 0 Å². The van der Waals surface area contributed by atoms with Crippen LogP contribution in [0.5, 0.6) is 0 Å². The van der Waals surface area contributed by atoms with Gasteiger partial charge >= 0.3 is 0 Å². The van der Waals surface area contributed by atoms with Crippen molar-refractivity contribution < 1.29 is 9.18 Å². The predicted molar refractivity (Wildman–Crippen MR) is 83.4 cm³/mol. The van der Waals surface area contributed by atoms with Gasteiger partial charge in [-0.3, -0.25) is 9.79 Å². The van der Waals surface area contributed by atoms with Crippen molar-refractivity contribution >= 4 is 12.0 Å². The van der Waals surface area contributed by atoms with E-state index in [2.05, 4.69) is 4.99 Å². The molecule has 0 radical (unpaired) electrons. The average Bonchev–Trinajstić information content (AvgIpc) is 2.53.